The second-order valence-corrected chi connectivity index (χ2v) is 7.92. The Kier molecular flexibility index (Phi) is 12.4. The van der Waals surface area contributed by atoms with Crippen LogP contribution in [0.15, 0.2) is 29.3 Å². The number of phenols is 1. The van der Waals surface area contributed by atoms with E-state index < -0.39 is 0 Å². The Hall–Kier alpha value is -1.16. The fourth-order valence-electron chi connectivity index (χ4n) is 3.22. The Morgan fingerprint density at radius 1 is 1.32 bits per heavy atom. The zero-order valence-electron chi connectivity index (χ0n) is 16.7. The zero-order chi connectivity index (χ0) is 19.5. The van der Waals surface area contributed by atoms with Crippen molar-refractivity contribution in [3.05, 3.63) is 29.8 Å². The molecule has 0 bridgehead atoms. The van der Waals surface area contributed by atoms with Crippen molar-refractivity contribution in [3.8, 4) is 5.75 Å². The summed E-state index contributed by atoms with van der Waals surface area (Å²) in [5, 5.41) is 19.9. The summed E-state index contributed by atoms with van der Waals surface area (Å²) in [5.41, 5.74) is 0.467. The quantitative estimate of drug-likeness (QED) is 0.183. The molecule has 6 nitrogen and oxygen atoms in total. The van der Waals surface area contributed by atoms with E-state index >= 15 is 0 Å². The molecular formula is C20H33IN4O2S. The van der Waals surface area contributed by atoms with E-state index in [2.05, 4.69) is 34.1 Å². The van der Waals surface area contributed by atoms with Crippen LogP contribution in [0, 0.1) is 0 Å². The van der Waals surface area contributed by atoms with Crippen molar-refractivity contribution in [2.24, 2.45) is 4.99 Å². The summed E-state index contributed by atoms with van der Waals surface area (Å²) in [6, 6.07) is 6.85. The van der Waals surface area contributed by atoms with Crippen LogP contribution in [0.1, 0.15) is 49.4 Å². The van der Waals surface area contributed by atoms with Crippen LogP contribution in [0.3, 0.4) is 0 Å². The molecule has 158 valence electrons. The third-order valence-corrected chi connectivity index (χ3v) is 5.74. The lowest BCUT2D eigenvalue weighted by Crippen LogP contribution is -2.45. The highest BCUT2D eigenvalue weighted by Crippen LogP contribution is 2.26. The monoisotopic (exact) mass is 520 g/mol. The fourth-order valence-corrected chi connectivity index (χ4v) is 4.05. The van der Waals surface area contributed by atoms with Gasteiger partial charge < -0.3 is 21.1 Å². The molecule has 2 rings (SSSR count). The molecule has 1 amide bonds. The van der Waals surface area contributed by atoms with E-state index in [1.807, 2.05) is 11.8 Å². The van der Waals surface area contributed by atoms with Crippen molar-refractivity contribution in [2.75, 3.05) is 25.9 Å². The molecule has 1 aromatic carbocycles. The molecule has 1 aliphatic carbocycles. The highest BCUT2D eigenvalue weighted by atomic mass is 127. The maximum atomic E-state index is 12.0. The van der Waals surface area contributed by atoms with Crippen molar-refractivity contribution >= 4 is 47.6 Å². The number of hydrogen-bond donors (Lipinski definition) is 4. The number of guanidine groups is 1. The Morgan fingerprint density at radius 3 is 2.86 bits per heavy atom. The van der Waals surface area contributed by atoms with E-state index in [1.54, 1.807) is 18.2 Å². The van der Waals surface area contributed by atoms with Gasteiger partial charge in [-0.05, 0) is 57.1 Å². The SMILES string of the molecule is CCNC(=NCCCNC(=O)c1cccc(O)c1)NC1CCCC(SC)C1.I. The summed E-state index contributed by atoms with van der Waals surface area (Å²) in [5.74, 6) is 0.786. The first-order valence-electron chi connectivity index (χ1n) is 9.77. The molecule has 0 aliphatic heterocycles. The number of carbonyl (C=O) groups is 1. The van der Waals surface area contributed by atoms with Crippen molar-refractivity contribution in [2.45, 2.75) is 50.3 Å². The molecule has 2 unspecified atom stereocenters. The smallest absolute Gasteiger partial charge is 0.251 e. The van der Waals surface area contributed by atoms with E-state index in [-0.39, 0.29) is 35.6 Å². The summed E-state index contributed by atoms with van der Waals surface area (Å²) in [7, 11) is 0. The van der Waals surface area contributed by atoms with E-state index in [4.69, 9.17) is 0 Å². The first-order chi connectivity index (χ1) is 13.1. The Morgan fingerprint density at radius 2 is 2.14 bits per heavy atom. The molecule has 2 atom stereocenters. The number of amides is 1. The average Bonchev–Trinajstić information content (AvgIpc) is 2.67. The van der Waals surface area contributed by atoms with Crippen molar-refractivity contribution in [3.63, 3.8) is 0 Å². The van der Waals surface area contributed by atoms with Gasteiger partial charge in [-0.2, -0.15) is 11.8 Å². The van der Waals surface area contributed by atoms with Gasteiger partial charge in [-0.25, -0.2) is 0 Å². The number of benzene rings is 1. The van der Waals surface area contributed by atoms with E-state index in [9.17, 15) is 9.90 Å². The van der Waals surface area contributed by atoms with Crippen LogP contribution < -0.4 is 16.0 Å². The van der Waals surface area contributed by atoms with Gasteiger partial charge >= 0.3 is 0 Å². The summed E-state index contributed by atoms with van der Waals surface area (Å²) < 4.78 is 0. The number of nitrogens with one attached hydrogen (secondary N) is 3. The van der Waals surface area contributed by atoms with Crippen LogP contribution in [0.25, 0.3) is 0 Å². The van der Waals surface area contributed by atoms with Crippen molar-refractivity contribution < 1.29 is 9.90 Å². The van der Waals surface area contributed by atoms with Gasteiger partial charge in [-0.3, -0.25) is 9.79 Å². The molecule has 1 aliphatic rings. The standard InChI is InChI=1S/C20H32N4O2S.HI/c1-3-21-20(24-16-8-5-10-18(14-16)27-2)23-12-6-11-22-19(26)15-7-4-9-17(25)13-15;/h4,7,9,13,16,18,25H,3,5-6,8,10-12,14H2,1-2H3,(H,22,26)(H2,21,23,24);1H. The normalized spacial score (nSPS) is 19.4. The lowest BCUT2D eigenvalue weighted by molar-refractivity contribution is 0.0953. The molecule has 0 aromatic heterocycles. The van der Waals surface area contributed by atoms with Gasteiger partial charge in [0.1, 0.15) is 5.75 Å². The number of rotatable bonds is 8. The van der Waals surface area contributed by atoms with Gasteiger partial charge in [-0.1, -0.05) is 12.5 Å². The average molecular weight is 520 g/mol. The molecule has 0 heterocycles. The first-order valence-corrected chi connectivity index (χ1v) is 11.1. The van der Waals surface area contributed by atoms with Crippen LogP contribution in [0.5, 0.6) is 5.75 Å². The van der Waals surface area contributed by atoms with Gasteiger partial charge in [0.05, 0.1) is 0 Å². The Balaban J connectivity index is 0.00000392. The number of halogens is 1. The molecule has 0 radical (unpaired) electrons. The number of hydrogen-bond acceptors (Lipinski definition) is 4. The van der Waals surface area contributed by atoms with E-state index in [0.717, 1.165) is 24.2 Å². The maximum Gasteiger partial charge on any atom is 0.251 e. The fraction of sp³-hybridized carbons (Fsp3) is 0.600. The minimum absolute atomic E-state index is 0. The summed E-state index contributed by atoms with van der Waals surface area (Å²) >= 11 is 1.96. The molecule has 1 aromatic rings. The highest BCUT2D eigenvalue weighted by Gasteiger charge is 2.21. The number of nitrogens with zero attached hydrogens (tertiary/aromatic N) is 1. The van der Waals surface area contributed by atoms with Crippen LogP contribution in [-0.2, 0) is 0 Å². The number of phenolic OH excluding ortho intramolecular Hbond substituents is 1. The van der Waals surface area contributed by atoms with Gasteiger partial charge in [-0.15, -0.1) is 24.0 Å². The van der Waals surface area contributed by atoms with Crippen LogP contribution in [-0.4, -0.2) is 54.2 Å². The van der Waals surface area contributed by atoms with Crippen LogP contribution in [0.2, 0.25) is 0 Å². The van der Waals surface area contributed by atoms with Gasteiger partial charge in [0, 0.05) is 36.5 Å². The molecular weight excluding hydrogens is 487 g/mol. The Labute approximate surface area is 189 Å². The lowest BCUT2D eigenvalue weighted by atomic mass is 9.95. The summed E-state index contributed by atoms with van der Waals surface area (Å²) in [6.07, 6.45) is 7.92. The number of carbonyl (C=O) groups excluding carboxylic acids is 1. The van der Waals surface area contributed by atoms with Crippen LogP contribution in [0.4, 0.5) is 0 Å². The molecule has 0 spiro atoms. The third kappa shape index (κ3) is 8.89. The van der Waals surface area contributed by atoms with Gasteiger partial charge in [0.25, 0.3) is 5.91 Å². The van der Waals surface area contributed by atoms with Crippen molar-refractivity contribution in [1.29, 1.82) is 0 Å². The largest absolute Gasteiger partial charge is 0.508 e. The third-order valence-electron chi connectivity index (χ3n) is 4.64. The predicted molar refractivity (Wildman–Crippen MR) is 129 cm³/mol. The first kappa shape index (κ1) is 24.9. The highest BCUT2D eigenvalue weighted by molar-refractivity contribution is 14.0. The number of thioether (sulfide) groups is 1. The summed E-state index contributed by atoms with van der Waals surface area (Å²) in [6.45, 7) is 4.10. The van der Waals surface area contributed by atoms with Crippen molar-refractivity contribution in [1.82, 2.24) is 16.0 Å². The maximum absolute atomic E-state index is 12.0. The molecule has 0 saturated heterocycles. The summed E-state index contributed by atoms with van der Waals surface area (Å²) in [4.78, 5) is 16.7. The minimum Gasteiger partial charge on any atom is -0.508 e. The Bertz CT molecular complexity index is 630. The molecule has 8 heteroatoms. The van der Waals surface area contributed by atoms with Crippen LogP contribution >= 0.6 is 35.7 Å². The zero-order valence-corrected chi connectivity index (χ0v) is 19.9. The lowest BCUT2D eigenvalue weighted by Gasteiger charge is -2.29. The van der Waals surface area contributed by atoms with Gasteiger partial charge in [0.2, 0.25) is 0 Å². The molecule has 1 fully saturated rings. The second kappa shape index (κ2) is 13.9. The number of aromatic hydroxyl groups is 1. The van der Waals surface area contributed by atoms with Gasteiger partial charge in [0.15, 0.2) is 5.96 Å². The second-order valence-electron chi connectivity index (χ2n) is 6.79. The predicted octanol–water partition coefficient (Wildman–Crippen LogP) is 3.36. The molecule has 1 saturated carbocycles. The number of aliphatic imine (C=N–C) groups is 1. The molecule has 4 N–H and O–H groups in total. The molecule has 28 heavy (non-hydrogen) atoms. The minimum atomic E-state index is -0.176. The topological polar surface area (TPSA) is 85.8 Å². The van der Waals surface area contributed by atoms with E-state index in [0.29, 0.717) is 24.7 Å². The van der Waals surface area contributed by atoms with E-state index in [1.165, 1.54) is 31.7 Å².